The van der Waals surface area contributed by atoms with Crippen LogP contribution in [0.5, 0.6) is 0 Å². The van der Waals surface area contributed by atoms with Gasteiger partial charge in [0.25, 0.3) is 0 Å². The van der Waals surface area contributed by atoms with Crippen molar-refractivity contribution in [2.24, 2.45) is 23.2 Å². The maximum Gasteiger partial charge on any atom is 0.192 e. The molecule has 0 spiro atoms. The number of hydrogen-bond donors (Lipinski definition) is 1. The first-order valence-corrected chi connectivity index (χ1v) is 11.9. The van der Waals surface area contributed by atoms with Gasteiger partial charge in [0.15, 0.2) is 5.11 Å². The monoisotopic (exact) mass is 403 g/mol. The van der Waals surface area contributed by atoms with Crippen molar-refractivity contribution in [3.8, 4) is 0 Å². The third-order valence-corrected chi connectivity index (χ3v) is 8.67. The number of thiocarbonyl (C=S) groups is 1. The Morgan fingerprint density at radius 3 is 2.11 bits per heavy atom. The Morgan fingerprint density at radius 2 is 1.57 bits per heavy atom. The van der Waals surface area contributed by atoms with Gasteiger partial charge < -0.3 is 9.80 Å². The first kappa shape index (κ1) is 19.3. The number of piperazine rings is 1. The number of nitrogens with one attached hydrogen (secondary N) is 1. The van der Waals surface area contributed by atoms with E-state index in [2.05, 4.69) is 51.3 Å². The molecule has 6 aliphatic rings. The predicted octanol–water partition coefficient (Wildman–Crippen LogP) is 3.06. The zero-order valence-corrected chi connectivity index (χ0v) is 18.5. The number of hydrazine groups is 1. The second-order valence-electron chi connectivity index (χ2n) is 10.1. The molecule has 156 valence electrons. The van der Waals surface area contributed by atoms with E-state index in [0.29, 0.717) is 11.6 Å². The lowest BCUT2D eigenvalue weighted by atomic mass is 9.48. The van der Waals surface area contributed by atoms with Crippen molar-refractivity contribution >= 4 is 17.3 Å². The molecular weight excluding hydrogens is 366 g/mol. The molecule has 4 saturated carbocycles. The van der Waals surface area contributed by atoms with Gasteiger partial charge in [0.1, 0.15) is 6.17 Å². The minimum Gasteiger partial charge on any atom is -0.307 e. The molecule has 28 heavy (non-hydrogen) atoms. The second kappa shape index (κ2) is 7.53. The zero-order valence-electron chi connectivity index (χ0n) is 17.6. The molecule has 0 radical (unpaired) electrons. The molecule has 2 aliphatic heterocycles. The third-order valence-electron chi connectivity index (χ3n) is 8.24. The van der Waals surface area contributed by atoms with Crippen molar-refractivity contribution < 1.29 is 0 Å². The lowest BCUT2D eigenvalue weighted by molar-refractivity contribution is -0.0936. The topological polar surface area (TPSA) is 25.0 Å². The maximum atomic E-state index is 5.97. The van der Waals surface area contributed by atoms with E-state index in [1.54, 1.807) is 0 Å². The lowest BCUT2D eigenvalue weighted by Crippen LogP contribution is -2.59. The number of nitrogens with zero attached hydrogens (tertiary/aromatic N) is 4. The summed E-state index contributed by atoms with van der Waals surface area (Å²) in [6.07, 6.45) is 13.4. The quantitative estimate of drug-likeness (QED) is 0.709. The molecule has 6 heteroatoms. The Hall–Kier alpha value is -0.690. The Kier molecular flexibility index (Phi) is 5.19. The van der Waals surface area contributed by atoms with Crippen LogP contribution in [0, 0.1) is 23.2 Å². The third kappa shape index (κ3) is 3.30. The molecule has 6 fully saturated rings. The van der Waals surface area contributed by atoms with Gasteiger partial charge in [0, 0.05) is 37.8 Å². The van der Waals surface area contributed by atoms with Crippen molar-refractivity contribution in [3.63, 3.8) is 0 Å². The summed E-state index contributed by atoms with van der Waals surface area (Å²) in [5.74, 6) is 2.89. The second-order valence-corrected chi connectivity index (χ2v) is 10.5. The average Bonchev–Trinajstić information content (AvgIpc) is 2.98. The summed E-state index contributed by atoms with van der Waals surface area (Å²) in [5.41, 5.74) is 4.33. The van der Waals surface area contributed by atoms with Crippen LogP contribution in [0.3, 0.4) is 0 Å². The zero-order chi connectivity index (χ0) is 19.3. The van der Waals surface area contributed by atoms with Gasteiger partial charge in [-0.05, 0) is 82.0 Å². The summed E-state index contributed by atoms with van der Waals surface area (Å²) in [5, 5.41) is 3.25. The highest BCUT2D eigenvalue weighted by Crippen LogP contribution is 2.62. The van der Waals surface area contributed by atoms with E-state index in [1.807, 2.05) is 0 Å². The number of hydrogen-bond acceptors (Lipinski definition) is 4. The minimum absolute atomic E-state index is 0.349. The molecule has 1 unspecified atom stereocenters. The van der Waals surface area contributed by atoms with Crippen LogP contribution in [0.25, 0.3) is 0 Å². The van der Waals surface area contributed by atoms with Crippen LogP contribution in [-0.4, -0.2) is 70.4 Å². The van der Waals surface area contributed by atoms with Crippen molar-refractivity contribution in [1.82, 2.24) is 25.1 Å². The Balaban J connectivity index is 1.32. The molecule has 4 bridgehead atoms. The van der Waals surface area contributed by atoms with E-state index in [9.17, 15) is 0 Å². The van der Waals surface area contributed by atoms with Crippen LogP contribution in [0.1, 0.15) is 52.4 Å². The molecule has 0 amide bonds. The van der Waals surface area contributed by atoms with Crippen LogP contribution in [0.4, 0.5) is 0 Å². The van der Waals surface area contributed by atoms with Gasteiger partial charge in [-0.15, -0.1) is 0 Å². The van der Waals surface area contributed by atoms with Crippen LogP contribution < -0.4 is 5.43 Å². The van der Waals surface area contributed by atoms with Crippen LogP contribution in [-0.2, 0) is 0 Å². The first-order valence-electron chi connectivity index (χ1n) is 11.5. The van der Waals surface area contributed by atoms with E-state index in [1.165, 1.54) is 51.6 Å². The average molecular weight is 404 g/mol. The van der Waals surface area contributed by atoms with Gasteiger partial charge in [-0.3, -0.25) is 9.91 Å². The fraction of sp³-hybridized carbons (Fsp3) is 0.864. The molecule has 1 N–H and O–H groups in total. The first-order chi connectivity index (χ1) is 13.6. The molecule has 0 aromatic carbocycles. The smallest absolute Gasteiger partial charge is 0.192 e. The summed E-state index contributed by atoms with van der Waals surface area (Å²) in [7, 11) is 0. The van der Waals surface area contributed by atoms with Crippen LogP contribution in [0.2, 0.25) is 0 Å². The van der Waals surface area contributed by atoms with Crippen molar-refractivity contribution in [2.75, 3.05) is 39.4 Å². The predicted molar refractivity (Wildman–Crippen MR) is 117 cm³/mol. The van der Waals surface area contributed by atoms with Gasteiger partial charge in [-0.2, -0.15) is 0 Å². The van der Waals surface area contributed by atoms with Crippen molar-refractivity contribution in [3.05, 3.63) is 12.3 Å². The fourth-order valence-electron chi connectivity index (χ4n) is 7.32. The molecule has 4 aliphatic carbocycles. The summed E-state index contributed by atoms with van der Waals surface area (Å²) in [6, 6.07) is 0. The highest BCUT2D eigenvalue weighted by Gasteiger charge is 2.57. The largest absolute Gasteiger partial charge is 0.307 e. The normalized spacial score (nSPS) is 41.7. The summed E-state index contributed by atoms with van der Waals surface area (Å²) in [4.78, 5) is 7.49. The molecule has 5 nitrogen and oxygen atoms in total. The molecular formula is C22H37N5S. The maximum absolute atomic E-state index is 5.97. The molecule has 2 heterocycles. The lowest BCUT2D eigenvalue weighted by Gasteiger charge is -2.59. The van der Waals surface area contributed by atoms with E-state index < -0.39 is 0 Å². The van der Waals surface area contributed by atoms with Crippen molar-refractivity contribution in [1.29, 1.82) is 0 Å². The molecule has 1 atom stereocenters. The Morgan fingerprint density at radius 1 is 1.00 bits per heavy atom. The van der Waals surface area contributed by atoms with E-state index in [-0.39, 0.29) is 0 Å². The van der Waals surface area contributed by atoms with Gasteiger partial charge in [0.05, 0.1) is 6.67 Å². The fourth-order valence-corrected chi connectivity index (χ4v) is 7.59. The number of likely N-dealkylation sites (N-methyl/N-ethyl adjacent to an activating group) is 1. The summed E-state index contributed by atoms with van der Waals surface area (Å²) >= 11 is 5.97. The van der Waals surface area contributed by atoms with Crippen LogP contribution >= 0.6 is 12.2 Å². The SMILES string of the molecule is C/C=C/N1C(=S)N(CN2CCN(CC)CC2)NC1C12CC3CC(CC(C3)C1)C2. The van der Waals surface area contributed by atoms with E-state index in [4.69, 9.17) is 12.2 Å². The Bertz CT molecular complexity index is 591. The standard InChI is InChI=1S/C22H37N5S/c1-3-5-26-20(22-13-17-10-18(14-22)12-19(11-17)15-22)23-27(21(26)28)16-25-8-6-24(4-2)7-9-25/h3,5,17-20,23H,4,6-16H2,1-2H3/b5-3+. The minimum atomic E-state index is 0.349. The van der Waals surface area contributed by atoms with Crippen LogP contribution in [0.15, 0.2) is 12.3 Å². The number of rotatable bonds is 5. The van der Waals surface area contributed by atoms with Gasteiger partial charge in [0.2, 0.25) is 0 Å². The molecule has 6 rings (SSSR count). The molecule has 2 saturated heterocycles. The number of allylic oxidation sites excluding steroid dienone is 1. The van der Waals surface area contributed by atoms with Gasteiger partial charge in [-0.25, -0.2) is 5.43 Å². The Labute approximate surface area is 176 Å². The summed E-state index contributed by atoms with van der Waals surface area (Å²) in [6.45, 7) is 11.1. The van der Waals surface area contributed by atoms with Gasteiger partial charge >= 0.3 is 0 Å². The van der Waals surface area contributed by atoms with E-state index >= 15 is 0 Å². The van der Waals surface area contributed by atoms with Gasteiger partial charge in [-0.1, -0.05) is 13.0 Å². The highest BCUT2D eigenvalue weighted by atomic mass is 32.1. The van der Waals surface area contributed by atoms with Crippen molar-refractivity contribution in [2.45, 2.75) is 58.5 Å². The molecule has 0 aromatic heterocycles. The highest BCUT2D eigenvalue weighted by molar-refractivity contribution is 7.80. The molecule has 0 aromatic rings. The van der Waals surface area contributed by atoms with E-state index in [0.717, 1.165) is 49.2 Å². The summed E-state index contributed by atoms with van der Waals surface area (Å²) < 4.78 is 0.